The highest BCUT2D eigenvalue weighted by Crippen LogP contribution is 2.23. The summed E-state index contributed by atoms with van der Waals surface area (Å²) in [5, 5.41) is 4.08. The summed E-state index contributed by atoms with van der Waals surface area (Å²) in [5.74, 6) is 0.00670. The van der Waals surface area contributed by atoms with Crippen molar-refractivity contribution in [3.8, 4) is 0 Å². The maximum Gasteiger partial charge on any atom is 0.224 e. The van der Waals surface area contributed by atoms with Gasteiger partial charge in [-0.15, -0.1) is 0 Å². The van der Waals surface area contributed by atoms with E-state index in [1.54, 1.807) is 6.26 Å². The lowest BCUT2D eigenvalue weighted by Gasteiger charge is -2.25. The fourth-order valence-electron chi connectivity index (χ4n) is 3.16. The number of furan rings is 1. The minimum absolute atomic E-state index is 0.00670. The minimum atomic E-state index is 0.00670. The van der Waals surface area contributed by atoms with Crippen LogP contribution in [-0.4, -0.2) is 31.4 Å². The molecule has 26 heavy (non-hydrogen) atoms. The standard InChI is InChI=1S/C22H26N2O2/c1-15-5-8-17(9-6-15)20(24(3)4)13-23-22(25)12-18-14-26-21-11-16(2)7-10-19(18)21/h5-11,14,20H,12-13H2,1-4H3,(H,23,25). The van der Waals surface area contributed by atoms with Gasteiger partial charge in [0.2, 0.25) is 5.91 Å². The first-order chi connectivity index (χ1) is 12.4. The van der Waals surface area contributed by atoms with Crippen molar-refractivity contribution in [1.29, 1.82) is 0 Å². The van der Waals surface area contributed by atoms with Crippen LogP contribution >= 0.6 is 0 Å². The fraction of sp³-hybridized carbons (Fsp3) is 0.318. The molecule has 0 bridgehead atoms. The molecule has 0 aliphatic rings. The zero-order chi connectivity index (χ0) is 18.7. The molecule has 0 saturated heterocycles. The molecule has 0 radical (unpaired) electrons. The second-order valence-corrected chi connectivity index (χ2v) is 7.13. The Hall–Kier alpha value is -2.59. The van der Waals surface area contributed by atoms with Crippen molar-refractivity contribution >= 4 is 16.9 Å². The molecule has 136 valence electrons. The van der Waals surface area contributed by atoms with E-state index in [4.69, 9.17) is 4.42 Å². The first-order valence-corrected chi connectivity index (χ1v) is 8.90. The summed E-state index contributed by atoms with van der Waals surface area (Å²) in [6, 6.07) is 14.7. The van der Waals surface area contributed by atoms with Gasteiger partial charge in [-0.25, -0.2) is 0 Å². The topological polar surface area (TPSA) is 45.5 Å². The Labute approximate surface area is 154 Å². The van der Waals surface area contributed by atoms with Gasteiger partial charge in [-0.3, -0.25) is 4.79 Å². The van der Waals surface area contributed by atoms with Crippen LogP contribution in [0.2, 0.25) is 0 Å². The van der Waals surface area contributed by atoms with Crippen molar-refractivity contribution < 1.29 is 9.21 Å². The van der Waals surface area contributed by atoms with Gasteiger partial charge in [0.25, 0.3) is 0 Å². The van der Waals surface area contributed by atoms with Gasteiger partial charge < -0.3 is 14.6 Å². The molecule has 0 spiro atoms. The van der Waals surface area contributed by atoms with Crippen molar-refractivity contribution in [2.24, 2.45) is 0 Å². The predicted molar refractivity (Wildman–Crippen MR) is 105 cm³/mol. The van der Waals surface area contributed by atoms with Gasteiger partial charge >= 0.3 is 0 Å². The van der Waals surface area contributed by atoms with Crippen LogP contribution in [0.15, 0.2) is 53.1 Å². The zero-order valence-electron chi connectivity index (χ0n) is 15.9. The Bertz CT molecular complexity index is 894. The fourth-order valence-corrected chi connectivity index (χ4v) is 3.16. The quantitative estimate of drug-likeness (QED) is 0.730. The Morgan fingerprint density at radius 3 is 2.46 bits per heavy atom. The number of hydrogen-bond acceptors (Lipinski definition) is 3. The third-order valence-corrected chi connectivity index (χ3v) is 4.74. The number of amides is 1. The monoisotopic (exact) mass is 350 g/mol. The first kappa shape index (κ1) is 18.2. The van der Waals surface area contributed by atoms with E-state index < -0.39 is 0 Å². The lowest BCUT2D eigenvalue weighted by atomic mass is 10.0. The predicted octanol–water partition coefficient (Wildman–Crippen LogP) is 4.01. The Morgan fingerprint density at radius 2 is 1.77 bits per heavy atom. The minimum Gasteiger partial charge on any atom is -0.464 e. The van der Waals surface area contributed by atoms with Crippen LogP contribution < -0.4 is 5.32 Å². The molecule has 1 unspecified atom stereocenters. The Morgan fingerprint density at radius 1 is 1.08 bits per heavy atom. The summed E-state index contributed by atoms with van der Waals surface area (Å²) in [6.45, 7) is 4.68. The molecular weight excluding hydrogens is 324 g/mol. The molecule has 1 amide bonds. The maximum absolute atomic E-state index is 12.5. The number of likely N-dealkylation sites (N-methyl/N-ethyl adjacent to an activating group) is 1. The number of nitrogens with one attached hydrogen (secondary N) is 1. The van der Waals surface area contributed by atoms with Crippen molar-refractivity contribution in [3.05, 3.63) is 71.0 Å². The summed E-state index contributed by atoms with van der Waals surface area (Å²) in [4.78, 5) is 14.6. The SMILES string of the molecule is Cc1ccc(C(CNC(=O)Cc2coc3cc(C)ccc23)N(C)C)cc1. The van der Waals surface area contributed by atoms with E-state index >= 15 is 0 Å². The molecule has 0 aliphatic carbocycles. The molecule has 0 saturated carbocycles. The van der Waals surface area contributed by atoms with Crippen molar-refractivity contribution in [3.63, 3.8) is 0 Å². The van der Waals surface area contributed by atoms with Gasteiger partial charge in [0.05, 0.1) is 18.7 Å². The zero-order valence-corrected chi connectivity index (χ0v) is 15.9. The molecule has 4 nitrogen and oxygen atoms in total. The highest BCUT2D eigenvalue weighted by atomic mass is 16.3. The highest BCUT2D eigenvalue weighted by Gasteiger charge is 2.16. The number of benzene rings is 2. The average Bonchev–Trinajstić information content (AvgIpc) is 2.98. The average molecular weight is 350 g/mol. The van der Waals surface area contributed by atoms with Crippen LogP contribution in [0.1, 0.15) is 28.3 Å². The molecule has 2 aromatic carbocycles. The summed E-state index contributed by atoms with van der Waals surface area (Å²) < 4.78 is 5.59. The largest absolute Gasteiger partial charge is 0.464 e. The molecule has 1 aromatic heterocycles. The summed E-state index contributed by atoms with van der Waals surface area (Å²) in [6.07, 6.45) is 2.01. The number of carbonyl (C=O) groups excluding carboxylic acids is 1. The van der Waals surface area contributed by atoms with Gasteiger partial charge in [-0.05, 0) is 45.1 Å². The number of rotatable bonds is 6. The van der Waals surface area contributed by atoms with Crippen molar-refractivity contribution in [1.82, 2.24) is 10.2 Å². The Balaban J connectivity index is 1.65. The van der Waals surface area contributed by atoms with Gasteiger partial charge in [-0.1, -0.05) is 42.0 Å². The first-order valence-electron chi connectivity index (χ1n) is 8.90. The van der Waals surface area contributed by atoms with E-state index in [1.165, 1.54) is 11.1 Å². The third kappa shape index (κ3) is 4.14. The van der Waals surface area contributed by atoms with E-state index in [0.29, 0.717) is 13.0 Å². The molecule has 0 aliphatic heterocycles. The van der Waals surface area contributed by atoms with E-state index in [9.17, 15) is 4.79 Å². The molecule has 1 heterocycles. The van der Waals surface area contributed by atoms with Crippen molar-refractivity contribution in [2.45, 2.75) is 26.3 Å². The lowest BCUT2D eigenvalue weighted by molar-refractivity contribution is -0.120. The molecule has 4 heteroatoms. The van der Waals surface area contributed by atoms with Crippen LogP contribution in [0.25, 0.3) is 11.0 Å². The summed E-state index contributed by atoms with van der Waals surface area (Å²) in [5.41, 5.74) is 5.34. The van der Waals surface area contributed by atoms with E-state index in [-0.39, 0.29) is 11.9 Å². The second kappa shape index (κ2) is 7.75. The normalized spacial score (nSPS) is 12.5. The van der Waals surface area contributed by atoms with Crippen molar-refractivity contribution in [2.75, 3.05) is 20.6 Å². The summed E-state index contributed by atoms with van der Waals surface area (Å²) in [7, 11) is 4.06. The van der Waals surface area contributed by atoms with Gasteiger partial charge in [0.15, 0.2) is 0 Å². The number of fused-ring (bicyclic) bond motifs is 1. The molecule has 3 rings (SSSR count). The van der Waals surface area contributed by atoms with E-state index in [0.717, 1.165) is 22.1 Å². The number of aryl methyl sites for hydroxylation is 2. The van der Waals surface area contributed by atoms with Crippen LogP contribution in [0.4, 0.5) is 0 Å². The number of carbonyl (C=O) groups is 1. The third-order valence-electron chi connectivity index (χ3n) is 4.74. The van der Waals surface area contributed by atoms with Crippen LogP contribution in [0, 0.1) is 13.8 Å². The molecule has 3 aromatic rings. The summed E-state index contributed by atoms with van der Waals surface area (Å²) >= 11 is 0. The molecular formula is C22H26N2O2. The number of hydrogen-bond donors (Lipinski definition) is 1. The molecule has 1 N–H and O–H groups in total. The molecule has 1 atom stereocenters. The van der Waals surface area contributed by atoms with Gasteiger partial charge in [-0.2, -0.15) is 0 Å². The highest BCUT2D eigenvalue weighted by molar-refractivity contribution is 5.87. The number of nitrogens with zero attached hydrogens (tertiary/aromatic N) is 1. The van der Waals surface area contributed by atoms with E-state index in [2.05, 4.69) is 41.4 Å². The van der Waals surface area contributed by atoms with E-state index in [1.807, 2.05) is 39.2 Å². The van der Waals surface area contributed by atoms with Crippen LogP contribution in [0.3, 0.4) is 0 Å². The van der Waals surface area contributed by atoms with Gasteiger partial charge in [0, 0.05) is 17.5 Å². The smallest absolute Gasteiger partial charge is 0.224 e. The second-order valence-electron chi connectivity index (χ2n) is 7.13. The maximum atomic E-state index is 12.5. The Kier molecular flexibility index (Phi) is 5.43. The lowest BCUT2D eigenvalue weighted by Crippen LogP contribution is -2.35. The molecule has 0 fully saturated rings. The van der Waals surface area contributed by atoms with Crippen LogP contribution in [-0.2, 0) is 11.2 Å². The van der Waals surface area contributed by atoms with Gasteiger partial charge in [0.1, 0.15) is 5.58 Å². The van der Waals surface area contributed by atoms with Crippen LogP contribution in [0.5, 0.6) is 0 Å².